The zero-order chi connectivity index (χ0) is 16.9. The van der Waals surface area contributed by atoms with E-state index in [1.54, 1.807) is 0 Å². The molecule has 0 bridgehead atoms. The van der Waals surface area contributed by atoms with Crippen molar-refractivity contribution in [2.45, 2.75) is 26.3 Å². The average molecular weight is 329 g/mol. The van der Waals surface area contributed by atoms with E-state index in [0.717, 1.165) is 56.0 Å². The summed E-state index contributed by atoms with van der Waals surface area (Å²) in [6, 6.07) is 9.81. The lowest BCUT2D eigenvalue weighted by atomic mass is 10.2. The minimum Gasteiger partial charge on any atom is -0.459 e. The Kier molecular flexibility index (Phi) is 5.53. The van der Waals surface area contributed by atoms with Crippen molar-refractivity contribution < 1.29 is 9.21 Å². The van der Waals surface area contributed by atoms with Crippen LogP contribution in [0.3, 0.4) is 0 Å². The van der Waals surface area contributed by atoms with Gasteiger partial charge in [0, 0.05) is 44.5 Å². The molecule has 1 N–H and O–H groups in total. The summed E-state index contributed by atoms with van der Waals surface area (Å²) in [6.45, 7) is 10.4. The number of likely N-dealkylation sites (N-methyl/N-ethyl adjacent to an activating group) is 1. The zero-order valence-corrected chi connectivity index (χ0v) is 14.6. The number of nitrogens with one attached hydrogen (secondary N) is 1. The first-order valence-electron chi connectivity index (χ1n) is 8.88. The molecule has 130 valence electrons. The van der Waals surface area contributed by atoms with Gasteiger partial charge in [0.1, 0.15) is 11.3 Å². The van der Waals surface area contributed by atoms with Crippen molar-refractivity contribution in [1.82, 2.24) is 15.1 Å². The molecule has 2 aromatic rings. The number of para-hydroxylation sites is 1. The topological polar surface area (TPSA) is 48.7 Å². The highest BCUT2D eigenvalue weighted by molar-refractivity contribution is 5.79. The van der Waals surface area contributed by atoms with Crippen LogP contribution in [-0.2, 0) is 4.79 Å². The number of fused-ring (bicyclic) bond motifs is 1. The quantitative estimate of drug-likeness (QED) is 0.885. The largest absolute Gasteiger partial charge is 0.459 e. The number of carbonyl (C=O) groups is 1. The fourth-order valence-corrected chi connectivity index (χ4v) is 3.19. The van der Waals surface area contributed by atoms with Crippen LogP contribution in [0.5, 0.6) is 0 Å². The van der Waals surface area contributed by atoms with Gasteiger partial charge in [-0.1, -0.05) is 25.1 Å². The van der Waals surface area contributed by atoms with Gasteiger partial charge >= 0.3 is 0 Å². The van der Waals surface area contributed by atoms with Gasteiger partial charge in [-0.15, -0.1) is 0 Å². The molecular formula is C19H27N3O2. The first-order valence-corrected chi connectivity index (χ1v) is 8.88. The number of nitrogens with zero attached hydrogens (tertiary/aromatic N) is 2. The van der Waals surface area contributed by atoms with Crippen molar-refractivity contribution in [2.24, 2.45) is 0 Å². The number of rotatable bonds is 6. The number of furan rings is 1. The zero-order valence-electron chi connectivity index (χ0n) is 14.6. The lowest BCUT2D eigenvalue weighted by Gasteiger charge is -2.33. The van der Waals surface area contributed by atoms with Crippen LogP contribution in [0.25, 0.3) is 11.0 Å². The predicted molar refractivity (Wildman–Crippen MR) is 95.9 cm³/mol. The highest BCUT2D eigenvalue weighted by Crippen LogP contribution is 2.23. The van der Waals surface area contributed by atoms with Gasteiger partial charge in [-0.2, -0.15) is 0 Å². The van der Waals surface area contributed by atoms with Crippen LogP contribution in [0, 0.1) is 0 Å². The van der Waals surface area contributed by atoms with E-state index in [1.165, 1.54) is 0 Å². The van der Waals surface area contributed by atoms with Crippen molar-refractivity contribution in [3.63, 3.8) is 0 Å². The van der Waals surface area contributed by atoms with Gasteiger partial charge in [0.2, 0.25) is 5.91 Å². The molecule has 0 radical (unpaired) electrons. The third-order valence-corrected chi connectivity index (χ3v) is 4.82. The second kappa shape index (κ2) is 7.81. The maximum atomic E-state index is 12.2. The van der Waals surface area contributed by atoms with Gasteiger partial charge in [0.25, 0.3) is 0 Å². The first-order chi connectivity index (χ1) is 11.7. The molecule has 2 heterocycles. The number of hydrogen-bond donors (Lipinski definition) is 1. The number of hydrogen-bond acceptors (Lipinski definition) is 4. The Morgan fingerprint density at radius 1 is 1.21 bits per heavy atom. The molecular weight excluding hydrogens is 302 g/mol. The Morgan fingerprint density at radius 3 is 2.62 bits per heavy atom. The van der Waals surface area contributed by atoms with Crippen LogP contribution in [0.15, 0.2) is 34.7 Å². The Bertz CT molecular complexity index is 641. The van der Waals surface area contributed by atoms with E-state index in [-0.39, 0.29) is 11.9 Å². The average Bonchev–Trinajstić information content (AvgIpc) is 3.05. The molecule has 1 aromatic heterocycles. The standard InChI is InChI=1S/C19H27N3O2/c1-3-21-10-12-22(13-11-21)9-8-19(23)20-15(2)18-14-16-6-4-5-7-17(16)24-18/h4-7,14-15H,3,8-13H2,1-2H3,(H,20,23)/t15-/m0/s1. The lowest BCUT2D eigenvalue weighted by molar-refractivity contribution is -0.122. The van der Waals surface area contributed by atoms with Crippen LogP contribution in [0.2, 0.25) is 0 Å². The fourth-order valence-electron chi connectivity index (χ4n) is 3.19. The Hall–Kier alpha value is -1.85. The molecule has 1 aliphatic heterocycles. The fraction of sp³-hybridized carbons (Fsp3) is 0.526. The van der Waals surface area contributed by atoms with E-state index in [0.29, 0.717) is 6.42 Å². The van der Waals surface area contributed by atoms with Crippen LogP contribution in [-0.4, -0.2) is 55.0 Å². The predicted octanol–water partition coefficient (Wildman–Crippen LogP) is 2.64. The molecule has 0 spiro atoms. The van der Waals surface area contributed by atoms with Crippen LogP contribution in [0.1, 0.15) is 32.1 Å². The van der Waals surface area contributed by atoms with Crippen molar-refractivity contribution in [2.75, 3.05) is 39.3 Å². The maximum absolute atomic E-state index is 12.2. The molecule has 24 heavy (non-hydrogen) atoms. The molecule has 1 fully saturated rings. The third-order valence-electron chi connectivity index (χ3n) is 4.82. The molecule has 1 amide bonds. The van der Waals surface area contributed by atoms with E-state index in [2.05, 4.69) is 22.0 Å². The SMILES string of the molecule is CCN1CCN(CCC(=O)N[C@@H](C)c2cc3ccccc3o2)CC1. The van der Waals surface area contributed by atoms with Crippen molar-refractivity contribution >= 4 is 16.9 Å². The number of benzene rings is 1. The molecule has 0 unspecified atom stereocenters. The lowest BCUT2D eigenvalue weighted by Crippen LogP contribution is -2.47. The minimum atomic E-state index is -0.109. The van der Waals surface area contributed by atoms with Gasteiger partial charge < -0.3 is 19.5 Å². The summed E-state index contributed by atoms with van der Waals surface area (Å²) in [5.74, 6) is 0.891. The number of carbonyl (C=O) groups excluding carboxylic acids is 1. The summed E-state index contributed by atoms with van der Waals surface area (Å²) in [5, 5.41) is 4.12. The smallest absolute Gasteiger partial charge is 0.221 e. The Balaban J connectivity index is 1.46. The summed E-state index contributed by atoms with van der Waals surface area (Å²) in [7, 11) is 0. The summed E-state index contributed by atoms with van der Waals surface area (Å²) in [4.78, 5) is 17.0. The van der Waals surface area contributed by atoms with Gasteiger partial charge in [-0.05, 0) is 25.6 Å². The molecule has 5 heteroatoms. The highest BCUT2D eigenvalue weighted by atomic mass is 16.3. The first kappa shape index (κ1) is 17.0. The van der Waals surface area contributed by atoms with Gasteiger partial charge in [0.05, 0.1) is 6.04 Å². The van der Waals surface area contributed by atoms with E-state index >= 15 is 0 Å². The maximum Gasteiger partial charge on any atom is 0.221 e. The van der Waals surface area contributed by atoms with Crippen molar-refractivity contribution in [3.05, 3.63) is 36.1 Å². The molecule has 3 rings (SSSR count). The number of piperazine rings is 1. The molecule has 1 aliphatic rings. The summed E-state index contributed by atoms with van der Waals surface area (Å²) >= 11 is 0. The van der Waals surface area contributed by atoms with E-state index in [9.17, 15) is 4.79 Å². The molecule has 1 aromatic carbocycles. The van der Waals surface area contributed by atoms with Crippen LogP contribution >= 0.6 is 0 Å². The van der Waals surface area contributed by atoms with E-state index in [1.807, 2.05) is 37.3 Å². The van der Waals surface area contributed by atoms with E-state index < -0.39 is 0 Å². The molecule has 5 nitrogen and oxygen atoms in total. The van der Waals surface area contributed by atoms with Gasteiger partial charge in [-0.3, -0.25) is 4.79 Å². The molecule has 1 atom stereocenters. The molecule has 0 aliphatic carbocycles. The normalized spacial score (nSPS) is 17.9. The Morgan fingerprint density at radius 2 is 1.92 bits per heavy atom. The van der Waals surface area contributed by atoms with Gasteiger partial charge in [0.15, 0.2) is 0 Å². The monoisotopic (exact) mass is 329 g/mol. The third kappa shape index (κ3) is 4.16. The van der Waals surface area contributed by atoms with Crippen LogP contribution < -0.4 is 5.32 Å². The number of amides is 1. The second-order valence-electron chi connectivity index (χ2n) is 6.50. The van der Waals surface area contributed by atoms with E-state index in [4.69, 9.17) is 4.42 Å². The summed E-state index contributed by atoms with van der Waals surface area (Å²) in [5.41, 5.74) is 0.863. The Labute approximate surface area is 143 Å². The molecule has 0 saturated carbocycles. The summed E-state index contributed by atoms with van der Waals surface area (Å²) in [6.07, 6.45) is 0.538. The van der Waals surface area contributed by atoms with Gasteiger partial charge in [-0.25, -0.2) is 0 Å². The highest BCUT2D eigenvalue weighted by Gasteiger charge is 2.18. The van der Waals surface area contributed by atoms with Crippen molar-refractivity contribution in [3.8, 4) is 0 Å². The second-order valence-corrected chi connectivity index (χ2v) is 6.50. The molecule has 1 saturated heterocycles. The summed E-state index contributed by atoms with van der Waals surface area (Å²) < 4.78 is 5.82. The minimum absolute atomic E-state index is 0.0841. The van der Waals surface area contributed by atoms with Crippen LogP contribution in [0.4, 0.5) is 0 Å². The van der Waals surface area contributed by atoms with Crippen molar-refractivity contribution in [1.29, 1.82) is 0 Å².